The molecule has 0 unspecified atom stereocenters. The molecule has 0 N–H and O–H groups in total. The number of rotatable bonds is 6. The Morgan fingerprint density at radius 2 is 1.16 bits per heavy atom. The highest BCUT2D eigenvalue weighted by atomic mass is 32.1. The number of thiophene rings is 1. The summed E-state index contributed by atoms with van der Waals surface area (Å²) in [4.78, 5) is 7.31. The third-order valence-electron chi connectivity index (χ3n) is 9.69. The molecule has 0 atom stereocenters. The van der Waals surface area contributed by atoms with Crippen LogP contribution in [0, 0.1) is 0 Å². The lowest BCUT2D eigenvalue weighted by atomic mass is 9.99. The predicted molar refractivity (Wildman–Crippen MR) is 215 cm³/mol. The zero-order chi connectivity index (χ0) is 33.7. The first-order valence-corrected chi connectivity index (χ1v) is 17.9. The van der Waals surface area contributed by atoms with Gasteiger partial charge in [-0.15, -0.1) is 11.3 Å². The molecule has 0 radical (unpaired) electrons. The average molecular weight is 671 g/mol. The molecular formula is C47H30N2OS. The zero-order valence-corrected chi connectivity index (χ0v) is 28.3. The summed E-state index contributed by atoms with van der Waals surface area (Å²) in [6.45, 7) is 0. The van der Waals surface area contributed by atoms with E-state index in [1.54, 1.807) is 11.3 Å². The van der Waals surface area contributed by atoms with Crippen molar-refractivity contribution >= 4 is 70.4 Å². The van der Waals surface area contributed by atoms with Gasteiger partial charge in [0.25, 0.3) is 0 Å². The maximum absolute atomic E-state index is 6.30. The average Bonchev–Trinajstić information content (AvgIpc) is 3.79. The Kier molecular flexibility index (Phi) is 7.00. The lowest BCUT2D eigenvalue weighted by Crippen LogP contribution is -2.11. The molecule has 0 saturated carbocycles. The largest absolute Gasteiger partial charge is 0.436 e. The normalized spacial score (nSPS) is 11.5. The predicted octanol–water partition coefficient (Wildman–Crippen LogP) is 13.8. The Balaban J connectivity index is 1.15. The van der Waals surface area contributed by atoms with Crippen LogP contribution in [0.2, 0.25) is 0 Å². The van der Waals surface area contributed by atoms with Crippen LogP contribution in [-0.2, 0) is 0 Å². The highest BCUT2D eigenvalue weighted by molar-refractivity contribution is 7.26. The fourth-order valence-corrected chi connectivity index (χ4v) is 8.41. The number of para-hydroxylation sites is 1. The summed E-state index contributed by atoms with van der Waals surface area (Å²) in [6, 6.07) is 64.6. The molecular weight excluding hydrogens is 641 g/mol. The first-order valence-electron chi connectivity index (χ1n) is 17.1. The molecule has 2 aromatic heterocycles. The van der Waals surface area contributed by atoms with Crippen molar-refractivity contribution in [2.24, 2.45) is 0 Å². The molecule has 51 heavy (non-hydrogen) atoms. The van der Waals surface area contributed by atoms with E-state index in [2.05, 4.69) is 157 Å². The number of benzene rings is 8. The molecule has 10 aromatic rings. The number of fused-ring (bicyclic) bond motifs is 5. The maximum atomic E-state index is 6.30. The molecule has 240 valence electrons. The maximum Gasteiger partial charge on any atom is 0.227 e. The fourth-order valence-electron chi connectivity index (χ4n) is 7.19. The quantitative estimate of drug-likeness (QED) is 0.176. The van der Waals surface area contributed by atoms with Crippen molar-refractivity contribution in [3.63, 3.8) is 0 Å². The van der Waals surface area contributed by atoms with E-state index < -0.39 is 0 Å². The van der Waals surface area contributed by atoms with Gasteiger partial charge in [0, 0.05) is 38.4 Å². The Morgan fingerprint density at radius 1 is 0.471 bits per heavy atom. The van der Waals surface area contributed by atoms with Crippen LogP contribution in [0.4, 0.5) is 17.1 Å². The molecule has 0 aliphatic heterocycles. The second-order valence-corrected chi connectivity index (χ2v) is 13.8. The van der Waals surface area contributed by atoms with Crippen LogP contribution < -0.4 is 4.90 Å². The van der Waals surface area contributed by atoms with Gasteiger partial charge < -0.3 is 9.32 Å². The Morgan fingerprint density at radius 3 is 1.98 bits per heavy atom. The van der Waals surface area contributed by atoms with Gasteiger partial charge in [-0.1, -0.05) is 127 Å². The smallest absolute Gasteiger partial charge is 0.227 e. The van der Waals surface area contributed by atoms with Crippen LogP contribution in [0.25, 0.3) is 75.8 Å². The second kappa shape index (κ2) is 12.1. The Labute approximate surface area is 299 Å². The third-order valence-corrected chi connectivity index (χ3v) is 10.9. The van der Waals surface area contributed by atoms with E-state index in [0.717, 1.165) is 33.7 Å². The van der Waals surface area contributed by atoms with Crippen molar-refractivity contribution in [2.45, 2.75) is 0 Å². The van der Waals surface area contributed by atoms with Crippen LogP contribution in [0.3, 0.4) is 0 Å². The summed E-state index contributed by atoms with van der Waals surface area (Å²) in [6.07, 6.45) is 0. The minimum atomic E-state index is 0.643. The number of hydrogen-bond donors (Lipinski definition) is 0. The van der Waals surface area contributed by atoms with Crippen molar-refractivity contribution in [2.75, 3.05) is 4.90 Å². The van der Waals surface area contributed by atoms with E-state index in [9.17, 15) is 0 Å². The Bertz CT molecular complexity index is 2850. The van der Waals surface area contributed by atoms with Crippen molar-refractivity contribution in [1.29, 1.82) is 0 Å². The highest BCUT2D eigenvalue weighted by Gasteiger charge is 2.22. The lowest BCUT2D eigenvalue weighted by Gasteiger charge is -2.28. The topological polar surface area (TPSA) is 29.3 Å². The first kappa shape index (κ1) is 29.4. The van der Waals surface area contributed by atoms with E-state index in [4.69, 9.17) is 9.40 Å². The summed E-state index contributed by atoms with van der Waals surface area (Å²) >= 11 is 1.80. The van der Waals surface area contributed by atoms with E-state index >= 15 is 0 Å². The van der Waals surface area contributed by atoms with E-state index in [0.29, 0.717) is 5.89 Å². The van der Waals surface area contributed by atoms with Crippen molar-refractivity contribution in [3.05, 3.63) is 182 Å². The molecule has 8 aromatic carbocycles. The van der Waals surface area contributed by atoms with Crippen LogP contribution in [0.15, 0.2) is 186 Å². The van der Waals surface area contributed by atoms with E-state index in [1.165, 1.54) is 53.2 Å². The van der Waals surface area contributed by atoms with Crippen LogP contribution in [0.5, 0.6) is 0 Å². The number of nitrogens with zero attached hydrogens (tertiary/aromatic N) is 2. The summed E-state index contributed by atoms with van der Waals surface area (Å²) in [5.41, 5.74) is 10.7. The molecule has 0 bridgehead atoms. The highest BCUT2D eigenvalue weighted by Crippen LogP contribution is 2.48. The molecule has 0 saturated heterocycles. The van der Waals surface area contributed by atoms with Gasteiger partial charge in [-0.05, 0) is 76.0 Å². The van der Waals surface area contributed by atoms with Gasteiger partial charge in [0.15, 0.2) is 5.58 Å². The molecule has 0 aliphatic rings. The minimum Gasteiger partial charge on any atom is -0.436 e. The van der Waals surface area contributed by atoms with Gasteiger partial charge in [0.1, 0.15) is 5.52 Å². The zero-order valence-electron chi connectivity index (χ0n) is 27.5. The number of hydrogen-bond acceptors (Lipinski definition) is 4. The Hall–Kier alpha value is -6.49. The molecule has 4 heteroatoms. The third kappa shape index (κ3) is 5.16. The molecule has 0 spiro atoms. The van der Waals surface area contributed by atoms with E-state index in [-0.39, 0.29) is 0 Å². The van der Waals surface area contributed by atoms with E-state index in [1.807, 2.05) is 30.3 Å². The van der Waals surface area contributed by atoms with Gasteiger partial charge in [-0.25, -0.2) is 4.98 Å². The molecule has 0 fully saturated rings. The molecule has 0 amide bonds. The molecule has 10 rings (SSSR count). The summed E-state index contributed by atoms with van der Waals surface area (Å²) in [7, 11) is 0. The van der Waals surface area contributed by atoms with Crippen LogP contribution >= 0.6 is 11.3 Å². The van der Waals surface area contributed by atoms with Crippen molar-refractivity contribution in [3.8, 4) is 33.7 Å². The lowest BCUT2D eigenvalue weighted by molar-refractivity contribution is 0.620. The molecule has 0 aliphatic carbocycles. The number of anilines is 3. The van der Waals surface area contributed by atoms with Gasteiger partial charge in [0.05, 0.1) is 16.1 Å². The van der Waals surface area contributed by atoms with Gasteiger partial charge in [-0.2, -0.15) is 0 Å². The standard InChI is InChI=1S/C47H30N2OS/c1-3-13-33(14-4-1)38-18-9-10-20-42(38)49(37-26-24-32(25-27-37)36-23-22-31-12-7-8-17-35(31)28-36)43-21-11-19-39-40-29-41-44(30-45(40)51-46(39)43)50-47(48-41)34-15-5-2-6-16-34/h1-30H. The summed E-state index contributed by atoms with van der Waals surface area (Å²) in [5.74, 6) is 0.643. The fraction of sp³-hybridized carbons (Fsp3) is 0. The van der Waals surface area contributed by atoms with Crippen molar-refractivity contribution < 1.29 is 4.42 Å². The van der Waals surface area contributed by atoms with Crippen LogP contribution in [0.1, 0.15) is 0 Å². The SMILES string of the molecule is c1ccc(-c2nc3cc4c(cc3o2)sc2c(N(c3ccc(-c5ccc6ccccc6c5)cc3)c3ccccc3-c3ccccc3)cccc24)cc1. The summed E-state index contributed by atoms with van der Waals surface area (Å²) < 4.78 is 8.68. The summed E-state index contributed by atoms with van der Waals surface area (Å²) in [5, 5.41) is 4.87. The second-order valence-electron chi connectivity index (χ2n) is 12.8. The number of aromatic nitrogens is 1. The van der Waals surface area contributed by atoms with Gasteiger partial charge in [-0.3, -0.25) is 0 Å². The van der Waals surface area contributed by atoms with Gasteiger partial charge in [0.2, 0.25) is 5.89 Å². The number of oxazole rings is 1. The van der Waals surface area contributed by atoms with Gasteiger partial charge >= 0.3 is 0 Å². The monoisotopic (exact) mass is 670 g/mol. The first-order chi connectivity index (χ1) is 25.3. The van der Waals surface area contributed by atoms with Crippen LogP contribution in [-0.4, -0.2) is 4.98 Å². The molecule has 3 nitrogen and oxygen atoms in total. The van der Waals surface area contributed by atoms with Crippen molar-refractivity contribution in [1.82, 2.24) is 4.98 Å². The molecule has 2 heterocycles. The minimum absolute atomic E-state index is 0.643.